The molecule has 1 atom stereocenters. The summed E-state index contributed by atoms with van der Waals surface area (Å²) in [4.78, 5) is 0. The van der Waals surface area contributed by atoms with Gasteiger partial charge in [-0.05, 0) is 59.3 Å². The average molecular weight is 318 g/mol. The Labute approximate surface area is 115 Å². The van der Waals surface area contributed by atoms with Crippen molar-refractivity contribution in [3.63, 3.8) is 0 Å². The first-order valence-electron chi connectivity index (χ1n) is 6.36. The zero-order valence-corrected chi connectivity index (χ0v) is 12.3. The van der Waals surface area contributed by atoms with E-state index in [0.717, 1.165) is 25.8 Å². The van der Waals surface area contributed by atoms with E-state index >= 15 is 0 Å². The molecular weight excluding hydrogens is 300 g/mol. The molecule has 0 aliphatic heterocycles. The summed E-state index contributed by atoms with van der Waals surface area (Å²) in [6, 6.07) is 2.50. The molecule has 1 N–H and O–H groups in total. The Bertz CT molecular complexity index is 444. The van der Waals surface area contributed by atoms with Crippen LogP contribution < -0.4 is 5.32 Å². The molecule has 1 aromatic rings. The summed E-state index contributed by atoms with van der Waals surface area (Å²) in [7, 11) is 0. The summed E-state index contributed by atoms with van der Waals surface area (Å²) in [6.45, 7) is 4.90. The first kappa shape index (κ1) is 13.9. The first-order chi connectivity index (χ1) is 8.49. The molecular formula is C14H18BrF2N. The van der Waals surface area contributed by atoms with Crippen molar-refractivity contribution in [2.45, 2.75) is 39.2 Å². The van der Waals surface area contributed by atoms with Crippen LogP contribution in [0.3, 0.4) is 0 Å². The van der Waals surface area contributed by atoms with E-state index < -0.39 is 11.6 Å². The maximum Gasteiger partial charge on any atom is 0.145 e. The molecule has 0 bridgehead atoms. The molecule has 2 rings (SSSR count). The largest absolute Gasteiger partial charge is 0.309 e. The van der Waals surface area contributed by atoms with Gasteiger partial charge in [0.2, 0.25) is 0 Å². The Morgan fingerprint density at radius 3 is 2.61 bits per heavy atom. The molecule has 1 aromatic carbocycles. The van der Waals surface area contributed by atoms with Gasteiger partial charge in [-0.3, -0.25) is 0 Å². The highest BCUT2D eigenvalue weighted by molar-refractivity contribution is 9.10. The summed E-state index contributed by atoms with van der Waals surface area (Å²) in [5.74, 6) is -0.936. The Kier molecular flexibility index (Phi) is 4.07. The lowest BCUT2D eigenvalue weighted by Gasteiger charge is -2.26. The number of hydrogen-bond acceptors (Lipinski definition) is 1. The van der Waals surface area contributed by atoms with Crippen LogP contribution in [-0.4, -0.2) is 6.54 Å². The van der Waals surface area contributed by atoms with Gasteiger partial charge in [0.15, 0.2) is 0 Å². The fourth-order valence-corrected chi connectivity index (χ4v) is 2.62. The molecule has 0 spiro atoms. The van der Waals surface area contributed by atoms with E-state index in [0.29, 0.717) is 4.47 Å². The summed E-state index contributed by atoms with van der Waals surface area (Å²) in [5, 5.41) is 3.30. The Balaban J connectivity index is 2.39. The van der Waals surface area contributed by atoms with E-state index in [1.54, 1.807) is 0 Å². The molecule has 1 nitrogen and oxygen atoms in total. The second-order valence-electron chi connectivity index (χ2n) is 5.30. The van der Waals surface area contributed by atoms with Crippen LogP contribution in [0.1, 0.15) is 44.7 Å². The maximum atomic E-state index is 14.2. The number of rotatable bonds is 5. The molecule has 0 radical (unpaired) electrons. The molecule has 0 amide bonds. The molecule has 1 unspecified atom stereocenters. The van der Waals surface area contributed by atoms with E-state index in [9.17, 15) is 8.78 Å². The third-order valence-electron chi connectivity index (χ3n) is 3.70. The number of halogens is 3. The standard InChI is InChI=1S/C14H18BrF2N/c1-3-8-18-13(14(2)6-7-14)11-10(16)5-4-9(15)12(11)17/h4-5,13,18H,3,6-8H2,1-2H3. The van der Waals surface area contributed by atoms with Gasteiger partial charge >= 0.3 is 0 Å². The Morgan fingerprint density at radius 1 is 1.39 bits per heavy atom. The highest BCUT2D eigenvalue weighted by Crippen LogP contribution is 2.55. The fraction of sp³-hybridized carbons (Fsp3) is 0.571. The molecule has 1 aliphatic rings. The third-order valence-corrected chi connectivity index (χ3v) is 4.31. The normalized spacial score (nSPS) is 18.7. The maximum absolute atomic E-state index is 14.2. The highest BCUT2D eigenvalue weighted by atomic mass is 79.9. The van der Waals surface area contributed by atoms with E-state index in [1.807, 2.05) is 6.92 Å². The van der Waals surface area contributed by atoms with Crippen LogP contribution in [-0.2, 0) is 0 Å². The molecule has 18 heavy (non-hydrogen) atoms. The fourth-order valence-electron chi connectivity index (χ4n) is 2.28. The van der Waals surface area contributed by atoms with Gasteiger partial charge in [0.25, 0.3) is 0 Å². The van der Waals surface area contributed by atoms with E-state index in [2.05, 4.69) is 28.2 Å². The van der Waals surface area contributed by atoms with Crippen LogP contribution in [0.5, 0.6) is 0 Å². The molecule has 0 aromatic heterocycles. The minimum Gasteiger partial charge on any atom is -0.309 e. The summed E-state index contributed by atoms with van der Waals surface area (Å²) < 4.78 is 28.5. The van der Waals surface area contributed by atoms with Crippen molar-refractivity contribution in [1.29, 1.82) is 0 Å². The van der Waals surface area contributed by atoms with Gasteiger partial charge in [0.05, 0.1) is 4.47 Å². The van der Waals surface area contributed by atoms with Crippen molar-refractivity contribution >= 4 is 15.9 Å². The van der Waals surface area contributed by atoms with Crippen molar-refractivity contribution in [3.05, 3.63) is 33.8 Å². The smallest absolute Gasteiger partial charge is 0.145 e. The summed E-state index contributed by atoms with van der Waals surface area (Å²) in [6.07, 6.45) is 2.98. The lowest BCUT2D eigenvalue weighted by molar-refractivity contribution is 0.342. The van der Waals surface area contributed by atoms with Gasteiger partial charge in [-0.15, -0.1) is 0 Å². The molecule has 100 valence electrons. The van der Waals surface area contributed by atoms with Gasteiger partial charge in [0, 0.05) is 11.6 Å². The average Bonchev–Trinajstić information content (AvgIpc) is 3.07. The van der Waals surface area contributed by atoms with Gasteiger partial charge < -0.3 is 5.32 Å². The lowest BCUT2D eigenvalue weighted by atomic mass is 9.91. The SMILES string of the molecule is CCCNC(c1c(F)ccc(Br)c1F)C1(C)CC1. The summed E-state index contributed by atoms with van der Waals surface area (Å²) >= 11 is 3.13. The molecule has 0 heterocycles. The van der Waals surface area contributed by atoms with Crippen molar-refractivity contribution in [3.8, 4) is 0 Å². The third kappa shape index (κ3) is 2.59. The van der Waals surface area contributed by atoms with Crippen molar-refractivity contribution in [1.82, 2.24) is 5.32 Å². The minimum absolute atomic E-state index is 0.0162. The lowest BCUT2D eigenvalue weighted by Crippen LogP contribution is -2.30. The number of hydrogen-bond donors (Lipinski definition) is 1. The minimum atomic E-state index is -0.475. The second kappa shape index (κ2) is 5.25. The van der Waals surface area contributed by atoms with E-state index in [1.165, 1.54) is 12.1 Å². The predicted molar refractivity (Wildman–Crippen MR) is 72.4 cm³/mol. The van der Waals surface area contributed by atoms with Gasteiger partial charge in [-0.1, -0.05) is 13.8 Å². The van der Waals surface area contributed by atoms with E-state index in [4.69, 9.17) is 0 Å². The van der Waals surface area contributed by atoms with Gasteiger partial charge in [-0.25, -0.2) is 8.78 Å². The monoisotopic (exact) mass is 317 g/mol. The zero-order chi connectivity index (χ0) is 13.3. The summed E-state index contributed by atoms with van der Waals surface area (Å²) in [5.41, 5.74) is 0.162. The molecule has 0 saturated heterocycles. The van der Waals surface area contributed by atoms with Crippen molar-refractivity contribution in [2.24, 2.45) is 5.41 Å². The molecule has 1 fully saturated rings. The van der Waals surface area contributed by atoms with Crippen molar-refractivity contribution in [2.75, 3.05) is 6.54 Å². The van der Waals surface area contributed by atoms with Gasteiger partial charge in [-0.2, -0.15) is 0 Å². The van der Waals surface area contributed by atoms with Crippen LogP contribution in [0, 0.1) is 17.0 Å². The van der Waals surface area contributed by atoms with Crippen LogP contribution in [0.25, 0.3) is 0 Å². The van der Waals surface area contributed by atoms with Crippen LogP contribution in [0.2, 0.25) is 0 Å². The molecule has 1 saturated carbocycles. The van der Waals surface area contributed by atoms with Crippen molar-refractivity contribution < 1.29 is 8.78 Å². The van der Waals surface area contributed by atoms with Crippen LogP contribution in [0.4, 0.5) is 8.78 Å². The topological polar surface area (TPSA) is 12.0 Å². The number of nitrogens with one attached hydrogen (secondary N) is 1. The zero-order valence-electron chi connectivity index (χ0n) is 10.7. The van der Waals surface area contributed by atoms with Gasteiger partial charge in [0.1, 0.15) is 11.6 Å². The predicted octanol–water partition coefficient (Wildman–Crippen LogP) is 4.57. The Morgan fingerprint density at radius 2 is 2.06 bits per heavy atom. The molecule has 1 aliphatic carbocycles. The second-order valence-corrected chi connectivity index (χ2v) is 6.15. The molecule has 4 heteroatoms. The first-order valence-corrected chi connectivity index (χ1v) is 7.15. The highest BCUT2D eigenvalue weighted by Gasteiger charge is 2.47. The van der Waals surface area contributed by atoms with Crippen LogP contribution in [0.15, 0.2) is 16.6 Å². The van der Waals surface area contributed by atoms with E-state index in [-0.39, 0.29) is 17.0 Å². The van der Waals surface area contributed by atoms with Crippen LogP contribution >= 0.6 is 15.9 Å². The number of benzene rings is 1. The quantitative estimate of drug-likeness (QED) is 0.784. The Hall–Kier alpha value is -0.480.